The number of phenols is 1. The van der Waals surface area contributed by atoms with Gasteiger partial charge >= 0.3 is 0 Å². The van der Waals surface area contributed by atoms with Crippen molar-refractivity contribution in [2.75, 3.05) is 23.3 Å². The second-order valence-corrected chi connectivity index (χ2v) is 6.09. The van der Waals surface area contributed by atoms with E-state index in [0.29, 0.717) is 11.0 Å². The van der Waals surface area contributed by atoms with Gasteiger partial charge < -0.3 is 15.3 Å². The zero-order valence-electron chi connectivity index (χ0n) is 11.7. The number of halogens is 1. The van der Waals surface area contributed by atoms with E-state index in [-0.39, 0.29) is 5.75 Å². The van der Waals surface area contributed by atoms with Crippen LogP contribution in [0, 0.1) is 0 Å². The quantitative estimate of drug-likeness (QED) is 0.883. The number of phenolic OH excluding ortho intramolecular Hbond substituents is 1. The van der Waals surface area contributed by atoms with Crippen LogP contribution in [0.4, 0.5) is 11.5 Å². The van der Waals surface area contributed by atoms with Gasteiger partial charge in [0.25, 0.3) is 0 Å². The number of nitrogens with one attached hydrogen (secondary N) is 1. The number of benzene rings is 1. The minimum absolute atomic E-state index is 0.260. The summed E-state index contributed by atoms with van der Waals surface area (Å²) in [6.45, 7) is 2.92. The zero-order valence-corrected chi connectivity index (χ0v) is 13.3. The average Bonchev–Trinajstić information content (AvgIpc) is 3.03. The summed E-state index contributed by atoms with van der Waals surface area (Å²) in [5, 5.41) is 12.8. The van der Waals surface area contributed by atoms with Crippen molar-refractivity contribution >= 4 is 27.4 Å². The van der Waals surface area contributed by atoms with Crippen molar-refractivity contribution in [3.05, 3.63) is 46.6 Å². The summed E-state index contributed by atoms with van der Waals surface area (Å²) in [4.78, 5) is 6.84. The van der Waals surface area contributed by atoms with Gasteiger partial charge in [-0.05, 0) is 58.6 Å². The van der Waals surface area contributed by atoms with E-state index in [1.54, 1.807) is 6.07 Å². The molecule has 0 unspecified atom stereocenters. The molecule has 1 fully saturated rings. The van der Waals surface area contributed by atoms with E-state index in [1.165, 1.54) is 12.8 Å². The van der Waals surface area contributed by atoms with E-state index in [0.717, 1.165) is 30.2 Å². The van der Waals surface area contributed by atoms with Crippen LogP contribution in [0.25, 0.3) is 0 Å². The van der Waals surface area contributed by atoms with E-state index < -0.39 is 0 Å². The lowest BCUT2D eigenvalue weighted by Crippen LogP contribution is -2.18. The first kappa shape index (κ1) is 14.2. The number of hydrogen-bond acceptors (Lipinski definition) is 4. The maximum atomic E-state index is 9.48. The Morgan fingerprint density at radius 2 is 2.00 bits per heavy atom. The zero-order chi connectivity index (χ0) is 14.7. The maximum absolute atomic E-state index is 9.48. The maximum Gasteiger partial charge on any atom is 0.129 e. The molecule has 0 radical (unpaired) electrons. The van der Waals surface area contributed by atoms with Crippen LogP contribution >= 0.6 is 15.9 Å². The second-order valence-electron chi connectivity index (χ2n) is 5.24. The monoisotopic (exact) mass is 347 g/mol. The molecule has 2 aromatic rings. The van der Waals surface area contributed by atoms with Crippen LogP contribution in [0.15, 0.2) is 41.0 Å². The van der Waals surface area contributed by atoms with Crippen molar-refractivity contribution in [2.24, 2.45) is 0 Å². The van der Waals surface area contributed by atoms with Crippen molar-refractivity contribution in [2.45, 2.75) is 19.4 Å². The van der Waals surface area contributed by atoms with Gasteiger partial charge in [-0.15, -0.1) is 0 Å². The van der Waals surface area contributed by atoms with Crippen molar-refractivity contribution in [3.8, 4) is 5.75 Å². The van der Waals surface area contributed by atoms with Crippen LogP contribution in [-0.4, -0.2) is 23.2 Å². The Morgan fingerprint density at radius 3 is 2.67 bits per heavy atom. The minimum atomic E-state index is 0.260. The van der Waals surface area contributed by atoms with Crippen LogP contribution < -0.4 is 10.2 Å². The van der Waals surface area contributed by atoms with Crippen LogP contribution in [0.2, 0.25) is 0 Å². The molecule has 1 saturated heterocycles. The second kappa shape index (κ2) is 6.35. The molecule has 5 heteroatoms. The molecule has 0 spiro atoms. The Kier molecular flexibility index (Phi) is 4.29. The molecule has 0 atom stereocenters. The van der Waals surface area contributed by atoms with E-state index >= 15 is 0 Å². The molecule has 0 amide bonds. The lowest BCUT2D eigenvalue weighted by molar-refractivity contribution is 0.471. The molecule has 2 N–H and O–H groups in total. The fourth-order valence-electron chi connectivity index (χ4n) is 2.49. The summed E-state index contributed by atoms with van der Waals surface area (Å²) in [5.41, 5.74) is 2.10. The van der Waals surface area contributed by atoms with Gasteiger partial charge in [-0.2, -0.15) is 0 Å². The molecular formula is C16H18BrN3O. The Labute approximate surface area is 132 Å². The van der Waals surface area contributed by atoms with E-state index in [1.807, 2.05) is 18.3 Å². The number of aromatic hydroxyl groups is 1. The summed E-state index contributed by atoms with van der Waals surface area (Å²) in [6.07, 6.45) is 4.40. The van der Waals surface area contributed by atoms with Crippen LogP contribution in [-0.2, 0) is 6.54 Å². The summed E-state index contributed by atoms with van der Waals surface area (Å²) in [6, 6.07) is 9.64. The third kappa shape index (κ3) is 3.47. The molecule has 21 heavy (non-hydrogen) atoms. The number of pyridine rings is 1. The van der Waals surface area contributed by atoms with Crippen molar-refractivity contribution in [1.29, 1.82) is 0 Å². The van der Waals surface area contributed by atoms with Gasteiger partial charge in [-0.1, -0.05) is 6.07 Å². The highest BCUT2D eigenvalue weighted by molar-refractivity contribution is 9.10. The van der Waals surface area contributed by atoms with Gasteiger partial charge in [0.15, 0.2) is 0 Å². The molecule has 110 valence electrons. The first-order valence-electron chi connectivity index (χ1n) is 7.14. The topological polar surface area (TPSA) is 48.4 Å². The van der Waals surface area contributed by atoms with Crippen molar-refractivity contribution in [1.82, 2.24) is 4.98 Å². The van der Waals surface area contributed by atoms with Crippen LogP contribution in [0.1, 0.15) is 18.4 Å². The fourth-order valence-corrected chi connectivity index (χ4v) is 2.91. The number of anilines is 2. The molecule has 0 bridgehead atoms. The molecule has 4 nitrogen and oxygen atoms in total. The normalized spacial score (nSPS) is 14.4. The van der Waals surface area contributed by atoms with E-state index in [2.05, 4.69) is 43.3 Å². The Hall–Kier alpha value is -1.75. The summed E-state index contributed by atoms with van der Waals surface area (Å²) in [5.74, 6) is 1.32. The van der Waals surface area contributed by atoms with E-state index in [4.69, 9.17) is 0 Å². The van der Waals surface area contributed by atoms with E-state index in [9.17, 15) is 5.11 Å². The molecule has 1 aliphatic heterocycles. The van der Waals surface area contributed by atoms with Crippen molar-refractivity contribution < 1.29 is 5.11 Å². The summed E-state index contributed by atoms with van der Waals surface area (Å²) < 4.78 is 0.712. The highest BCUT2D eigenvalue weighted by Crippen LogP contribution is 2.25. The van der Waals surface area contributed by atoms with Crippen LogP contribution in [0.3, 0.4) is 0 Å². The van der Waals surface area contributed by atoms with Gasteiger partial charge in [-0.25, -0.2) is 4.98 Å². The number of aromatic nitrogens is 1. The lowest BCUT2D eigenvalue weighted by Gasteiger charge is -2.16. The molecule has 3 rings (SSSR count). The van der Waals surface area contributed by atoms with Gasteiger partial charge in [0, 0.05) is 19.6 Å². The first-order valence-corrected chi connectivity index (χ1v) is 7.94. The Bertz CT molecular complexity index is 609. The summed E-state index contributed by atoms with van der Waals surface area (Å²) >= 11 is 3.32. The van der Waals surface area contributed by atoms with Gasteiger partial charge in [0.2, 0.25) is 0 Å². The number of nitrogens with zero attached hydrogens (tertiary/aromatic N) is 2. The Balaban J connectivity index is 1.61. The molecule has 0 saturated carbocycles. The van der Waals surface area contributed by atoms with Crippen LogP contribution in [0.5, 0.6) is 5.75 Å². The van der Waals surface area contributed by atoms with Gasteiger partial charge in [0.05, 0.1) is 16.4 Å². The largest absolute Gasteiger partial charge is 0.507 e. The van der Waals surface area contributed by atoms with Gasteiger partial charge in [-0.3, -0.25) is 0 Å². The standard InChI is InChI=1S/C16H18BrN3O/c17-14-9-12(3-5-15(14)21)10-18-13-4-6-16(19-11-13)20-7-1-2-8-20/h3-6,9,11,18,21H,1-2,7-8,10H2. The van der Waals surface area contributed by atoms with Crippen molar-refractivity contribution in [3.63, 3.8) is 0 Å². The SMILES string of the molecule is Oc1ccc(CNc2ccc(N3CCCC3)nc2)cc1Br. The summed E-state index contributed by atoms with van der Waals surface area (Å²) in [7, 11) is 0. The molecule has 0 aliphatic carbocycles. The first-order chi connectivity index (χ1) is 10.2. The average molecular weight is 348 g/mol. The Morgan fingerprint density at radius 1 is 1.19 bits per heavy atom. The van der Waals surface area contributed by atoms with Gasteiger partial charge in [0.1, 0.15) is 11.6 Å². The fraction of sp³-hybridized carbons (Fsp3) is 0.312. The third-order valence-electron chi connectivity index (χ3n) is 3.69. The third-order valence-corrected chi connectivity index (χ3v) is 4.32. The number of rotatable bonds is 4. The molecule has 1 aromatic heterocycles. The highest BCUT2D eigenvalue weighted by Gasteiger charge is 2.12. The predicted octanol–water partition coefficient (Wildman–Crippen LogP) is 3.76. The molecule has 2 heterocycles. The number of hydrogen-bond donors (Lipinski definition) is 2. The predicted molar refractivity (Wildman–Crippen MR) is 88.8 cm³/mol. The lowest BCUT2D eigenvalue weighted by atomic mass is 10.2. The molecular weight excluding hydrogens is 330 g/mol. The molecule has 1 aliphatic rings. The smallest absolute Gasteiger partial charge is 0.129 e. The minimum Gasteiger partial charge on any atom is -0.507 e. The molecule has 1 aromatic carbocycles. The highest BCUT2D eigenvalue weighted by atomic mass is 79.9.